The van der Waals surface area contributed by atoms with Crippen molar-refractivity contribution in [1.29, 1.82) is 0 Å². The Balaban J connectivity index is 1.30. The zero-order chi connectivity index (χ0) is 21.6. The number of piperidine rings is 1. The van der Waals surface area contributed by atoms with Crippen molar-refractivity contribution >= 4 is 23.2 Å². The average molecular weight is 420 g/mol. The third kappa shape index (κ3) is 5.36. The molecule has 31 heavy (non-hydrogen) atoms. The van der Waals surface area contributed by atoms with E-state index >= 15 is 0 Å². The summed E-state index contributed by atoms with van der Waals surface area (Å²) < 4.78 is 13.9. The topological polar surface area (TPSA) is 70.2 Å². The number of pyridine rings is 2. The van der Waals surface area contributed by atoms with E-state index in [9.17, 15) is 9.18 Å². The van der Waals surface area contributed by atoms with Gasteiger partial charge in [0.2, 0.25) is 5.91 Å². The highest BCUT2D eigenvalue weighted by Gasteiger charge is 2.24. The Morgan fingerprint density at radius 2 is 1.87 bits per heavy atom. The molecule has 2 aromatic heterocycles. The molecule has 0 radical (unpaired) electrons. The van der Waals surface area contributed by atoms with Gasteiger partial charge in [-0.3, -0.25) is 4.79 Å². The van der Waals surface area contributed by atoms with Crippen LogP contribution in [0, 0.1) is 12.7 Å². The molecule has 1 aliphatic rings. The van der Waals surface area contributed by atoms with E-state index in [0.717, 1.165) is 30.0 Å². The minimum Gasteiger partial charge on any atom is -0.374 e. The first-order valence-corrected chi connectivity index (χ1v) is 10.5. The Morgan fingerprint density at radius 3 is 2.65 bits per heavy atom. The number of likely N-dealkylation sites (tertiary alicyclic amines) is 1. The molecular formula is C24H26FN5O. The van der Waals surface area contributed by atoms with Crippen LogP contribution in [-0.4, -0.2) is 40.4 Å². The molecule has 1 saturated heterocycles. The quantitative estimate of drug-likeness (QED) is 0.616. The molecule has 160 valence electrons. The number of rotatable bonds is 6. The molecule has 0 saturated carbocycles. The molecule has 0 spiro atoms. The summed E-state index contributed by atoms with van der Waals surface area (Å²) in [5.41, 5.74) is 2.53. The molecule has 3 heterocycles. The summed E-state index contributed by atoms with van der Waals surface area (Å²) in [6.45, 7) is 3.37. The fourth-order valence-electron chi connectivity index (χ4n) is 3.86. The lowest BCUT2D eigenvalue weighted by molar-refractivity contribution is -0.130. The van der Waals surface area contributed by atoms with Gasteiger partial charge in [-0.2, -0.15) is 0 Å². The molecule has 1 amide bonds. The maximum atomic E-state index is 13.9. The van der Waals surface area contributed by atoms with Gasteiger partial charge in [-0.05, 0) is 73.2 Å². The second kappa shape index (κ2) is 9.55. The molecular weight excluding hydrogens is 393 g/mol. The summed E-state index contributed by atoms with van der Waals surface area (Å²) in [5.74, 6) is 1.54. The molecule has 7 heteroatoms. The number of aromatic nitrogens is 2. The molecule has 6 nitrogen and oxygen atoms in total. The molecule has 1 fully saturated rings. The Hall–Kier alpha value is -3.48. The van der Waals surface area contributed by atoms with Crippen molar-refractivity contribution in [3.05, 3.63) is 77.9 Å². The molecule has 3 aromatic rings. The van der Waals surface area contributed by atoms with Crippen molar-refractivity contribution in [1.82, 2.24) is 14.9 Å². The van der Waals surface area contributed by atoms with Gasteiger partial charge in [0.25, 0.3) is 0 Å². The van der Waals surface area contributed by atoms with Gasteiger partial charge in [-0.1, -0.05) is 12.1 Å². The van der Waals surface area contributed by atoms with Gasteiger partial charge in [0, 0.05) is 25.5 Å². The maximum Gasteiger partial charge on any atom is 0.241 e. The van der Waals surface area contributed by atoms with Gasteiger partial charge in [-0.15, -0.1) is 0 Å². The van der Waals surface area contributed by atoms with Crippen LogP contribution < -0.4 is 10.6 Å². The van der Waals surface area contributed by atoms with Crippen molar-refractivity contribution in [3.63, 3.8) is 0 Å². The lowest BCUT2D eigenvalue weighted by Crippen LogP contribution is -2.41. The van der Waals surface area contributed by atoms with E-state index in [0.29, 0.717) is 24.7 Å². The number of amides is 1. The first-order chi connectivity index (χ1) is 15.1. The van der Waals surface area contributed by atoms with Crippen LogP contribution in [0.3, 0.4) is 0 Å². The first-order valence-electron chi connectivity index (χ1n) is 10.5. The van der Waals surface area contributed by atoms with Crippen LogP contribution in [0.15, 0.2) is 60.9 Å². The fraction of sp³-hybridized carbons (Fsp3) is 0.292. The molecule has 1 aliphatic heterocycles. The predicted octanol–water partition coefficient (Wildman–Crippen LogP) is 4.49. The van der Waals surface area contributed by atoms with E-state index < -0.39 is 0 Å². The number of benzene rings is 1. The van der Waals surface area contributed by atoms with Gasteiger partial charge in [0.15, 0.2) is 0 Å². The Bertz CT molecular complexity index is 1040. The van der Waals surface area contributed by atoms with Crippen LogP contribution in [0.1, 0.15) is 29.9 Å². The largest absolute Gasteiger partial charge is 0.374 e. The van der Waals surface area contributed by atoms with Crippen LogP contribution in [0.4, 0.5) is 21.7 Å². The van der Waals surface area contributed by atoms with Gasteiger partial charge < -0.3 is 15.5 Å². The van der Waals surface area contributed by atoms with Crippen LogP contribution in [0.25, 0.3) is 0 Å². The Kier molecular flexibility index (Phi) is 6.40. The van der Waals surface area contributed by atoms with Crippen molar-refractivity contribution in [2.75, 3.05) is 30.3 Å². The molecule has 2 N–H and O–H groups in total. The monoisotopic (exact) mass is 419 g/mol. The van der Waals surface area contributed by atoms with Gasteiger partial charge in [0.05, 0.1) is 12.2 Å². The molecule has 0 bridgehead atoms. The minimum atomic E-state index is -0.343. The highest BCUT2D eigenvalue weighted by Crippen LogP contribution is 2.29. The number of carbonyl (C=O) groups excluding carboxylic acids is 1. The van der Waals surface area contributed by atoms with Crippen molar-refractivity contribution < 1.29 is 9.18 Å². The van der Waals surface area contributed by atoms with Crippen molar-refractivity contribution in [2.45, 2.75) is 25.7 Å². The maximum absolute atomic E-state index is 13.9. The second-order valence-electron chi connectivity index (χ2n) is 7.81. The third-order valence-electron chi connectivity index (χ3n) is 5.58. The van der Waals surface area contributed by atoms with E-state index in [4.69, 9.17) is 0 Å². The zero-order valence-corrected chi connectivity index (χ0v) is 17.5. The smallest absolute Gasteiger partial charge is 0.241 e. The summed E-state index contributed by atoms with van der Waals surface area (Å²) in [6.07, 6.45) is 5.31. The van der Waals surface area contributed by atoms with Crippen LogP contribution >= 0.6 is 0 Å². The fourth-order valence-corrected chi connectivity index (χ4v) is 3.86. The second-order valence-corrected chi connectivity index (χ2v) is 7.81. The highest BCUT2D eigenvalue weighted by molar-refractivity contribution is 5.81. The number of nitrogens with one attached hydrogen (secondary N) is 2. The first kappa shape index (κ1) is 20.8. The Morgan fingerprint density at radius 1 is 1.06 bits per heavy atom. The highest BCUT2D eigenvalue weighted by atomic mass is 19.1. The van der Waals surface area contributed by atoms with Gasteiger partial charge >= 0.3 is 0 Å². The molecule has 4 rings (SSSR count). The predicted molar refractivity (Wildman–Crippen MR) is 120 cm³/mol. The zero-order valence-electron chi connectivity index (χ0n) is 17.5. The number of anilines is 3. The van der Waals surface area contributed by atoms with Gasteiger partial charge in [-0.25, -0.2) is 14.4 Å². The number of carbonyl (C=O) groups is 1. The van der Waals surface area contributed by atoms with Crippen molar-refractivity contribution in [3.8, 4) is 0 Å². The molecule has 1 aromatic carbocycles. The Labute approximate surface area is 181 Å². The molecule has 0 unspecified atom stereocenters. The standard InChI is InChI=1S/C24H26FN5O/c1-17-5-6-20(25)21(14-17)28-16-24(31)30-12-8-18(9-13-30)19-7-11-27-23(15-19)29-22-4-2-3-10-26-22/h2-7,10-11,14-15,18,28H,8-9,12-13,16H2,1H3,(H,26,27,29). The minimum absolute atomic E-state index is 0.00779. The van der Waals surface area contributed by atoms with E-state index in [1.54, 1.807) is 24.5 Å². The summed E-state index contributed by atoms with van der Waals surface area (Å²) in [6, 6.07) is 14.6. The number of hydrogen-bond donors (Lipinski definition) is 2. The van der Waals surface area contributed by atoms with E-state index in [1.165, 1.54) is 11.6 Å². The van der Waals surface area contributed by atoms with Crippen LogP contribution in [-0.2, 0) is 4.79 Å². The summed E-state index contributed by atoms with van der Waals surface area (Å²) in [4.78, 5) is 23.1. The summed E-state index contributed by atoms with van der Waals surface area (Å²) in [7, 11) is 0. The number of hydrogen-bond acceptors (Lipinski definition) is 5. The van der Waals surface area contributed by atoms with E-state index in [-0.39, 0.29) is 18.3 Å². The van der Waals surface area contributed by atoms with Crippen LogP contribution in [0.5, 0.6) is 0 Å². The SMILES string of the molecule is Cc1ccc(F)c(NCC(=O)N2CCC(c3ccnc(Nc4ccccn4)c3)CC2)c1. The van der Waals surface area contributed by atoms with Gasteiger partial charge in [0.1, 0.15) is 17.5 Å². The summed E-state index contributed by atoms with van der Waals surface area (Å²) in [5, 5.41) is 6.16. The van der Waals surface area contributed by atoms with Crippen LogP contribution in [0.2, 0.25) is 0 Å². The molecule has 0 aliphatic carbocycles. The molecule has 0 atom stereocenters. The lowest BCUT2D eigenvalue weighted by Gasteiger charge is -2.32. The van der Waals surface area contributed by atoms with E-state index in [2.05, 4.69) is 26.7 Å². The number of halogens is 1. The number of nitrogens with zero attached hydrogens (tertiary/aromatic N) is 3. The lowest BCUT2D eigenvalue weighted by atomic mass is 9.90. The van der Waals surface area contributed by atoms with E-state index in [1.807, 2.05) is 36.1 Å². The normalized spacial score (nSPS) is 14.3. The average Bonchev–Trinajstić information content (AvgIpc) is 2.80. The van der Waals surface area contributed by atoms with Crippen molar-refractivity contribution in [2.24, 2.45) is 0 Å². The third-order valence-corrected chi connectivity index (χ3v) is 5.58. The number of aryl methyl sites for hydroxylation is 1. The summed E-state index contributed by atoms with van der Waals surface area (Å²) >= 11 is 0.